The first-order valence-corrected chi connectivity index (χ1v) is 4.89. The Bertz CT molecular complexity index is 279. The van der Waals surface area contributed by atoms with Crippen molar-refractivity contribution < 1.29 is 5.11 Å². The number of nitrogens with one attached hydrogen (secondary N) is 1. The van der Waals surface area contributed by atoms with Crippen LogP contribution in [0.15, 0.2) is 24.3 Å². The van der Waals surface area contributed by atoms with Crippen molar-refractivity contribution in [3.8, 4) is 5.75 Å². The number of aromatic hydroxyl groups is 1. The van der Waals surface area contributed by atoms with E-state index >= 15 is 0 Å². The van der Waals surface area contributed by atoms with Crippen molar-refractivity contribution in [2.45, 2.75) is 25.3 Å². The zero-order valence-electron chi connectivity index (χ0n) is 7.66. The Hall–Kier alpha value is -1.02. The van der Waals surface area contributed by atoms with Gasteiger partial charge in [0.25, 0.3) is 0 Å². The second-order valence-electron chi connectivity index (χ2n) is 3.56. The maximum absolute atomic E-state index is 9.62. The first-order chi connectivity index (χ1) is 6.38. The van der Waals surface area contributed by atoms with Crippen LogP contribution in [0.5, 0.6) is 5.75 Å². The highest BCUT2D eigenvalue weighted by molar-refractivity contribution is 5.34. The zero-order chi connectivity index (χ0) is 9.10. The van der Waals surface area contributed by atoms with Gasteiger partial charge in [0.2, 0.25) is 0 Å². The lowest BCUT2D eigenvalue weighted by molar-refractivity contribution is 0.391. The molecule has 1 fully saturated rings. The van der Waals surface area contributed by atoms with Crippen LogP contribution < -0.4 is 5.32 Å². The van der Waals surface area contributed by atoms with Gasteiger partial charge in [0.05, 0.1) is 0 Å². The highest BCUT2D eigenvalue weighted by Crippen LogP contribution is 2.28. The Morgan fingerprint density at radius 1 is 1.23 bits per heavy atom. The van der Waals surface area contributed by atoms with Crippen LogP contribution in [-0.2, 0) is 0 Å². The normalized spacial score (nSPS) is 22.9. The molecule has 0 aromatic heterocycles. The fourth-order valence-electron chi connectivity index (χ4n) is 1.90. The molecule has 0 amide bonds. The first kappa shape index (κ1) is 8.57. The predicted octanol–water partition coefficient (Wildman–Crippen LogP) is 2.21. The van der Waals surface area contributed by atoms with Gasteiger partial charge >= 0.3 is 0 Å². The number of piperidine rings is 1. The summed E-state index contributed by atoms with van der Waals surface area (Å²) in [5.41, 5.74) is 1.04. The van der Waals surface area contributed by atoms with Crippen LogP contribution in [0.2, 0.25) is 0 Å². The lowest BCUT2D eigenvalue weighted by Crippen LogP contribution is -2.26. The van der Waals surface area contributed by atoms with Crippen molar-refractivity contribution in [3.05, 3.63) is 29.8 Å². The highest BCUT2D eigenvalue weighted by atomic mass is 16.3. The molecule has 2 nitrogen and oxygen atoms in total. The van der Waals surface area contributed by atoms with Crippen LogP contribution in [0.25, 0.3) is 0 Å². The fourth-order valence-corrected chi connectivity index (χ4v) is 1.90. The minimum absolute atomic E-state index is 0.356. The monoisotopic (exact) mass is 177 g/mol. The van der Waals surface area contributed by atoms with E-state index in [4.69, 9.17) is 0 Å². The molecule has 0 bridgehead atoms. The van der Waals surface area contributed by atoms with E-state index in [1.54, 1.807) is 6.07 Å². The molecule has 13 heavy (non-hydrogen) atoms. The van der Waals surface area contributed by atoms with Crippen LogP contribution in [0, 0.1) is 0 Å². The molecular weight excluding hydrogens is 162 g/mol. The Kier molecular flexibility index (Phi) is 2.50. The number of phenols is 1. The number of rotatable bonds is 1. The van der Waals surface area contributed by atoms with Crippen LogP contribution in [0.3, 0.4) is 0 Å². The maximum atomic E-state index is 9.62. The molecule has 1 saturated heterocycles. The Balaban J connectivity index is 2.18. The second kappa shape index (κ2) is 3.79. The fraction of sp³-hybridized carbons (Fsp3) is 0.455. The van der Waals surface area contributed by atoms with Gasteiger partial charge in [-0.25, -0.2) is 0 Å². The summed E-state index contributed by atoms with van der Waals surface area (Å²) in [6.45, 7) is 1.07. The van der Waals surface area contributed by atoms with Crippen molar-refractivity contribution in [2.75, 3.05) is 6.54 Å². The summed E-state index contributed by atoms with van der Waals surface area (Å²) in [6.07, 6.45) is 3.65. The predicted molar refractivity (Wildman–Crippen MR) is 52.7 cm³/mol. The Morgan fingerprint density at radius 2 is 2.08 bits per heavy atom. The van der Waals surface area contributed by atoms with Crippen molar-refractivity contribution in [1.82, 2.24) is 5.32 Å². The molecule has 2 N–H and O–H groups in total. The van der Waals surface area contributed by atoms with E-state index in [-0.39, 0.29) is 0 Å². The quantitative estimate of drug-likeness (QED) is 0.689. The third kappa shape index (κ3) is 1.83. The summed E-state index contributed by atoms with van der Waals surface area (Å²) < 4.78 is 0. The molecule has 1 aromatic carbocycles. The number of phenolic OH excluding ortho intramolecular Hbond substituents is 1. The van der Waals surface area contributed by atoms with E-state index in [1.807, 2.05) is 18.2 Å². The highest BCUT2D eigenvalue weighted by Gasteiger charge is 2.16. The van der Waals surface area contributed by atoms with E-state index in [0.29, 0.717) is 11.8 Å². The molecule has 1 aromatic rings. The molecule has 1 unspecified atom stereocenters. The van der Waals surface area contributed by atoms with Crippen molar-refractivity contribution in [2.24, 2.45) is 0 Å². The lowest BCUT2D eigenvalue weighted by atomic mass is 9.97. The summed E-state index contributed by atoms with van der Waals surface area (Å²) in [5, 5.41) is 13.0. The van der Waals surface area contributed by atoms with Gasteiger partial charge in [-0.1, -0.05) is 24.6 Å². The standard InChI is InChI=1S/C11H15NO/c13-11-7-2-1-5-9(11)10-6-3-4-8-12-10/h1-2,5,7,10,12-13H,3-4,6,8H2. The van der Waals surface area contributed by atoms with Gasteiger partial charge in [0, 0.05) is 11.6 Å². The van der Waals surface area contributed by atoms with E-state index in [1.165, 1.54) is 12.8 Å². The number of para-hydroxylation sites is 1. The van der Waals surface area contributed by atoms with Crippen LogP contribution in [0.4, 0.5) is 0 Å². The van der Waals surface area contributed by atoms with Crippen molar-refractivity contribution in [3.63, 3.8) is 0 Å². The van der Waals surface area contributed by atoms with E-state index < -0.39 is 0 Å². The first-order valence-electron chi connectivity index (χ1n) is 4.89. The summed E-state index contributed by atoms with van der Waals surface area (Å²) in [7, 11) is 0. The average molecular weight is 177 g/mol. The molecule has 70 valence electrons. The number of benzene rings is 1. The van der Waals surface area contributed by atoms with Crippen molar-refractivity contribution >= 4 is 0 Å². The summed E-state index contributed by atoms with van der Waals surface area (Å²) in [4.78, 5) is 0. The largest absolute Gasteiger partial charge is 0.508 e. The summed E-state index contributed by atoms with van der Waals surface area (Å²) >= 11 is 0. The number of hydrogen-bond donors (Lipinski definition) is 2. The molecule has 0 aliphatic carbocycles. The van der Waals surface area contributed by atoms with Gasteiger partial charge in [-0.2, -0.15) is 0 Å². The summed E-state index contributed by atoms with van der Waals surface area (Å²) in [6, 6.07) is 7.95. The lowest BCUT2D eigenvalue weighted by Gasteiger charge is -2.24. The third-order valence-corrected chi connectivity index (χ3v) is 2.62. The van der Waals surface area contributed by atoms with Crippen LogP contribution in [0.1, 0.15) is 30.9 Å². The minimum Gasteiger partial charge on any atom is -0.508 e. The molecule has 1 aliphatic rings. The van der Waals surface area contributed by atoms with E-state index in [9.17, 15) is 5.11 Å². The van der Waals surface area contributed by atoms with E-state index in [2.05, 4.69) is 5.32 Å². The SMILES string of the molecule is Oc1ccccc1C1CCCCN1. The Labute approximate surface area is 78.6 Å². The van der Waals surface area contributed by atoms with Gasteiger partial charge in [-0.05, 0) is 25.5 Å². The summed E-state index contributed by atoms with van der Waals surface area (Å²) in [5.74, 6) is 0.418. The maximum Gasteiger partial charge on any atom is 0.120 e. The molecule has 0 spiro atoms. The second-order valence-corrected chi connectivity index (χ2v) is 3.56. The molecule has 1 atom stereocenters. The molecule has 2 rings (SSSR count). The van der Waals surface area contributed by atoms with Gasteiger partial charge in [-0.15, -0.1) is 0 Å². The molecule has 1 aliphatic heterocycles. The molecule has 1 heterocycles. The van der Waals surface area contributed by atoms with Crippen molar-refractivity contribution in [1.29, 1.82) is 0 Å². The van der Waals surface area contributed by atoms with E-state index in [0.717, 1.165) is 18.5 Å². The average Bonchev–Trinajstić information content (AvgIpc) is 2.20. The van der Waals surface area contributed by atoms with Gasteiger partial charge in [0.1, 0.15) is 5.75 Å². The van der Waals surface area contributed by atoms with Crippen LogP contribution >= 0.6 is 0 Å². The minimum atomic E-state index is 0.356. The smallest absolute Gasteiger partial charge is 0.120 e. The zero-order valence-corrected chi connectivity index (χ0v) is 7.66. The third-order valence-electron chi connectivity index (χ3n) is 2.62. The molecule has 0 radical (unpaired) electrons. The molecular formula is C11H15NO. The molecule has 0 saturated carbocycles. The topological polar surface area (TPSA) is 32.3 Å². The van der Waals surface area contributed by atoms with Gasteiger partial charge in [0.15, 0.2) is 0 Å². The molecule has 2 heteroatoms. The number of hydrogen-bond acceptors (Lipinski definition) is 2. The Morgan fingerprint density at radius 3 is 2.77 bits per heavy atom. The van der Waals surface area contributed by atoms with Crippen LogP contribution in [-0.4, -0.2) is 11.7 Å². The van der Waals surface area contributed by atoms with Gasteiger partial charge in [-0.3, -0.25) is 0 Å². The van der Waals surface area contributed by atoms with Gasteiger partial charge < -0.3 is 10.4 Å².